The lowest BCUT2D eigenvalue weighted by Gasteiger charge is -2.25. The standard InChI is InChI=1S/C19H16FNO4/c1-2-21-17(12-5-3-6-13(20)11-12)16(18(23)19(21)24)15(22)9-8-14-7-4-10-25-14/h3-11,17,23H,2H2,1H3/b9-8+. The number of rotatable bonds is 5. The van der Waals surface area contributed by atoms with Gasteiger partial charge in [0.15, 0.2) is 11.5 Å². The molecule has 0 spiro atoms. The summed E-state index contributed by atoms with van der Waals surface area (Å²) >= 11 is 0. The average molecular weight is 341 g/mol. The van der Waals surface area contributed by atoms with Crippen LogP contribution in [0.1, 0.15) is 24.3 Å². The predicted molar refractivity (Wildman–Crippen MR) is 88.9 cm³/mol. The smallest absolute Gasteiger partial charge is 0.290 e. The van der Waals surface area contributed by atoms with E-state index in [1.165, 1.54) is 41.5 Å². The summed E-state index contributed by atoms with van der Waals surface area (Å²) in [6, 6.07) is 8.16. The molecule has 25 heavy (non-hydrogen) atoms. The summed E-state index contributed by atoms with van der Waals surface area (Å²) < 4.78 is 18.7. The fourth-order valence-electron chi connectivity index (χ4n) is 2.89. The van der Waals surface area contributed by atoms with E-state index in [9.17, 15) is 19.1 Å². The Morgan fingerprint density at radius 1 is 1.36 bits per heavy atom. The van der Waals surface area contributed by atoms with E-state index in [2.05, 4.69) is 0 Å². The van der Waals surface area contributed by atoms with Gasteiger partial charge in [-0.25, -0.2) is 4.39 Å². The Kier molecular flexibility index (Phi) is 4.52. The average Bonchev–Trinajstić information content (AvgIpc) is 3.20. The summed E-state index contributed by atoms with van der Waals surface area (Å²) in [7, 11) is 0. The first kappa shape index (κ1) is 16.7. The van der Waals surface area contributed by atoms with Crippen molar-refractivity contribution in [3.05, 3.63) is 77.2 Å². The lowest BCUT2D eigenvalue weighted by atomic mass is 9.95. The molecule has 1 aliphatic rings. The van der Waals surface area contributed by atoms with Gasteiger partial charge in [-0.1, -0.05) is 12.1 Å². The van der Waals surface area contributed by atoms with Crippen LogP contribution >= 0.6 is 0 Å². The lowest BCUT2D eigenvalue weighted by Crippen LogP contribution is -2.30. The van der Waals surface area contributed by atoms with Gasteiger partial charge in [0.1, 0.15) is 11.6 Å². The van der Waals surface area contributed by atoms with Gasteiger partial charge in [-0.15, -0.1) is 0 Å². The number of benzene rings is 1. The van der Waals surface area contributed by atoms with Crippen molar-refractivity contribution in [3.8, 4) is 0 Å². The number of hydrogen-bond acceptors (Lipinski definition) is 4. The van der Waals surface area contributed by atoms with Crippen LogP contribution in [0.2, 0.25) is 0 Å². The topological polar surface area (TPSA) is 70.8 Å². The molecule has 1 aromatic heterocycles. The Hall–Kier alpha value is -3.15. The van der Waals surface area contributed by atoms with Gasteiger partial charge in [0, 0.05) is 6.54 Å². The molecular formula is C19H16FNO4. The third kappa shape index (κ3) is 3.10. The van der Waals surface area contributed by atoms with Crippen molar-refractivity contribution in [2.75, 3.05) is 6.54 Å². The minimum Gasteiger partial charge on any atom is -0.503 e. The molecule has 6 heteroatoms. The van der Waals surface area contributed by atoms with Crippen LogP contribution in [-0.2, 0) is 9.59 Å². The van der Waals surface area contributed by atoms with Gasteiger partial charge in [-0.05, 0) is 48.9 Å². The van der Waals surface area contributed by atoms with Gasteiger partial charge in [0.25, 0.3) is 5.91 Å². The van der Waals surface area contributed by atoms with Crippen LogP contribution in [0.5, 0.6) is 0 Å². The molecule has 0 bridgehead atoms. The number of halogens is 1. The molecule has 1 aliphatic heterocycles. The highest BCUT2D eigenvalue weighted by atomic mass is 19.1. The van der Waals surface area contributed by atoms with Gasteiger partial charge in [-0.3, -0.25) is 9.59 Å². The largest absolute Gasteiger partial charge is 0.503 e. The SMILES string of the molecule is CCN1C(=O)C(O)=C(C(=O)/C=C/c2ccco2)C1c1cccc(F)c1. The van der Waals surface area contributed by atoms with Gasteiger partial charge >= 0.3 is 0 Å². The summed E-state index contributed by atoms with van der Waals surface area (Å²) in [5.74, 6) is -1.80. The highest BCUT2D eigenvalue weighted by Crippen LogP contribution is 2.37. The van der Waals surface area contributed by atoms with Gasteiger partial charge < -0.3 is 14.4 Å². The maximum absolute atomic E-state index is 13.6. The molecule has 0 saturated heterocycles. The second kappa shape index (κ2) is 6.76. The molecule has 5 nitrogen and oxygen atoms in total. The fraction of sp³-hybridized carbons (Fsp3) is 0.158. The Labute approximate surface area is 143 Å². The zero-order chi connectivity index (χ0) is 18.0. The van der Waals surface area contributed by atoms with Crippen LogP contribution in [0.25, 0.3) is 6.08 Å². The van der Waals surface area contributed by atoms with Gasteiger partial charge in [-0.2, -0.15) is 0 Å². The van der Waals surface area contributed by atoms with Crippen LogP contribution in [0.15, 0.2) is 64.5 Å². The van der Waals surface area contributed by atoms with Crippen LogP contribution < -0.4 is 0 Å². The minimum absolute atomic E-state index is 0.0692. The van der Waals surface area contributed by atoms with Crippen molar-refractivity contribution in [1.82, 2.24) is 4.90 Å². The molecule has 1 aromatic carbocycles. The summed E-state index contributed by atoms with van der Waals surface area (Å²) in [6.07, 6.45) is 4.14. The molecular weight excluding hydrogens is 325 g/mol. The van der Waals surface area contributed by atoms with Crippen LogP contribution in [0, 0.1) is 5.82 Å². The normalized spacial score (nSPS) is 17.8. The van der Waals surface area contributed by atoms with Gasteiger partial charge in [0.05, 0.1) is 17.9 Å². The number of allylic oxidation sites excluding steroid dienone is 1. The number of nitrogens with zero attached hydrogens (tertiary/aromatic N) is 1. The van der Waals surface area contributed by atoms with Crippen molar-refractivity contribution in [1.29, 1.82) is 0 Å². The van der Waals surface area contributed by atoms with Crippen LogP contribution in [0.4, 0.5) is 4.39 Å². The molecule has 1 unspecified atom stereocenters. The second-order valence-electron chi connectivity index (χ2n) is 5.52. The number of carbonyl (C=O) groups excluding carboxylic acids is 2. The maximum Gasteiger partial charge on any atom is 0.290 e. The van der Waals surface area contributed by atoms with E-state index >= 15 is 0 Å². The van der Waals surface area contributed by atoms with E-state index in [1.54, 1.807) is 25.1 Å². The van der Waals surface area contributed by atoms with Crippen LogP contribution in [0.3, 0.4) is 0 Å². The number of ketones is 1. The maximum atomic E-state index is 13.6. The number of furan rings is 1. The molecule has 2 heterocycles. The van der Waals surface area contributed by atoms with Crippen LogP contribution in [-0.4, -0.2) is 28.2 Å². The molecule has 1 atom stereocenters. The zero-order valence-corrected chi connectivity index (χ0v) is 13.5. The minimum atomic E-state index is -0.832. The van der Waals surface area contributed by atoms with Gasteiger partial charge in [0.2, 0.25) is 0 Å². The summed E-state index contributed by atoms with van der Waals surface area (Å²) in [6.45, 7) is 1.99. The first-order chi connectivity index (χ1) is 12.0. The third-order valence-corrected chi connectivity index (χ3v) is 4.02. The molecule has 128 valence electrons. The Bertz CT molecular complexity index is 867. The number of carbonyl (C=O) groups is 2. The molecule has 1 amide bonds. The first-order valence-corrected chi connectivity index (χ1v) is 7.78. The summed E-state index contributed by atoms with van der Waals surface area (Å²) in [5.41, 5.74) is 0.356. The van der Waals surface area contributed by atoms with Crippen molar-refractivity contribution in [2.45, 2.75) is 13.0 Å². The molecule has 0 aliphatic carbocycles. The quantitative estimate of drug-likeness (QED) is 0.846. The van der Waals surface area contributed by atoms with E-state index < -0.39 is 29.3 Å². The summed E-state index contributed by atoms with van der Waals surface area (Å²) in [5, 5.41) is 10.2. The molecule has 2 aromatic rings. The molecule has 3 rings (SSSR count). The number of aliphatic hydroxyl groups excluding tert-OH is 1. The summed E-state index contributed by atoms with van der Waals surface area (Å²) in [4.78, 5) is 26.2. The van der Waals surface area contributed by atoms with Crippen molar-refractivity contribution in [3.63, 3.8) is 0 Å². The number of aliphatic hydroxyl groups is 1. The number of amides is 1. The van der Waals surface area contributed by atoms with Crippen molar-refractivity contribution < 1.29 is 23.5 Å². The van der Waals surface area contributed by atoms with E-state index in [-0.39, 0.29) is 12.1 Å². The number of likely N-dealkylation sites (N-methyl/N-ethyl adjacent to an activating group) is 1. The van der Waals surface area contributed by atoms with Crippen molar-refractivity contribution in [2.24, 2.45) is 0 Å². The number of hydrogen-bond donors (Lipinski definition) is 1. The Morgan fingerprint density at radius 2 is 2.16 bits per heavy atom. The third-order valence-electron chi connectivity index (χ3n) is 4.02. The first-order valence-electron chi connectivity index (χ1n) is 7.78. The van der Waals surface area contributed by atoms with E-state index in [4.69, 9.17) is 4.42 Å². The Balaban J connectivity index is 2.01. The monoisotopic (exact) mass is 341 g/mol. The zero-order valence-electron chi connectivity index (χ0n) is 13.5. The molecule has 0 saturated carbocycles. The molecule has 0 fully saturated rings. The van der Waals surface area contributed by atoms with E-state index in [0.717, 1.165) is 0 Å². The highest BCUT2D eigenvalue weighted by molar-refractivity contribution is 6.14. The highest BCUT2D eigenvalue weighted by Gasteiger charge is 2.42. The molecule has 0 radical (unpaired) electrons. The predicted octanol–water partition coefficient (Wildman–Crippen LogP) is 3.42. The fourth-order valence-corrected chi connectivity index (χ4v) is 2.89. The molecule has 1 N–H and O–H groups in total. The Morgan fingerprint density at radius 3 is 2.80 bits per heavy atom. The van der Waals surface area contributed by atoms with E-state index in [1.807, 2.05) is 0 Å². The van der Waals surface area contributed by atoms with Crippen molar-refractivity contribution >= 4 is 17.8 Å². The van der Waals surface area contributed by atoms with E-state index in [0.29, 0.717) is 11.3 Å². The lowest BCUT2D eigenvalue weighted by molar-refractivity contribution is -0.129. The second-order valence-corrected chi connectivity index (χ2v) is 5.52.